The third-order valence-electron chi connectivity index (χ3n) is 4.05. The van der Waals surface area contributed by atoms with Crippen molar-refractivity contribution in [2.75, 3.05) is 26.4 Å². The van der Waals surface area contributed by atoms with Gasteiger partial charge in [-0.3, -0.25) is 4.90 Å². The van der Waals surface area contributed by atoms with Crippen molar-refractivity contribution in [2.45, 2.75) is 57.0 Å². The van der Waals surface area contributed by atoms with Crippen LogP contribution in [0.2, 0.25) is 0 Å². The Kier molecular flexibility index (Phi) is 6.46. The predicted octanol–water partition coefficient (Wildman–Crippen LogP) is 3.03. The molecule has 1 amide bonds. The highest BCUT2D eigenvalue weighted by molar-refractivity contribution is 7.98. The van der Waals surface area contributed by atoms with E-state index in [4.69, 9.17) is 4.74 Å². The SMILES string of the molecule is CSc1nccc(CN2CCC(N(C)C(=O)OC(C)(C)C)CC2)n1. The zero-order valence-corrected chi connectivity index (χ0v) is 16.1. The first-order valence-corrected chi connectivity index (χ1v) is 9.55. The first-order chi connectivity index (χ1) is 11.3. The standard InChI is InChI=1S/C17H28N4O2S/c1-17(2,3)23-16(22)20(4)14-7-10-21(11-8-14)12-13-6-9-18-15(19-13)24-5/h6,9,14H,7-8,10-12H2,1-5H3. The van der Waals surface area contributed by atoms with Crippen molar-refractivity contribution in [3.8, 4) is 0 Å². The number of nitrogens with zero attached hydrogens (tertiary/aromatic N) is 4. The summed E-state index contributed by atoms with van der Waals surface area (Å²) in [4.78, 5) is 25.0. The maximum atomic E-state index is 12.2. The van der Waals surface area contributed by atoms with Gasteiger partial charge in [-0.25, -0.2) is 14.8 Å². The molecule has 0 spiro atoms. The van der Waals surface area contributed by atoms with Gasteiger partial charge in [-0.05, 0) is 45.9 Å². The lowest BCUT2D eigenvalue weighted by Gasteiger charge is -2.37. The number of carbonyl (C=O) groups is 1. The average Bonchev–Trinajstić information content (AvgIpc) is 2.53. The van der Waals surface area contributed by atoms with E-state index in [-0.39, 0.29) is 12.1 Å². The fourth-order valence-corrected chi connectivity index (χ4v) is 3.11. The van der Waals surface area contributed by atoms with E-state index in [1.54, 1.807) is 16.7 Å². The number of ether oxygens (including phenoxy) is 1. The molecule has 24 heavy (non-hydrogen) atoms. The molecule has 1 fully saturated rings. The van der Waals surface area contributed by atoms with Crippen molar-refractivity contribution in [2.24, 2.45) is 0 Å². The van der Waals surface area contributed by atoms with Crippen LogP contribution >= 0.6 is 11.8 Å². The Hall–Kier alpha value is -1.34. The first-order valence-electron chi connectivity index (χ1n) is 8.32. The molecule has 0 aromatic carbocycles. The lowest BCUT2D eigenvalue weighted by Crippen LogP contribution is -2.46. The molecule has 0 unspecified atom stereocenters. The molecule has 0 bridgehead atoms. The van der Waals surface area contributed by atoms with Gasteiger partial charge < -0.3 is 9.64 Å². The van der Waals surface area contributed by atoms with E-state index in [1.807, 2.05) is 46.3 Å². The number of hydrogen-bond donors (Lipinski definition) is 0. The molecule has 1 aromatic rings. The van der Waals surface area contributed by atoms with Crippen molar-refractivity contribution in [3.63, 3.8) is 0 Å². The van der Waals surface area contributed by atoms with Crippen LogP contribution in [0.1, 0.15) is 39.3 Å². The van der Waals surface area contributed by atoms with E-state index in [1.165, 1.54) is 0 Å². The lowest BCUT2D eigenvalue weighted by atomic mass is 10.0. The molecule has 1 aromatic heterocycles. The Bertz CT molecular complexity index is 554. The summed E-state index contributed by atoms with van der Waals surface area (Å²) in [5.41, 5.74) is 0.599. The summed E-state index contributed by atoms with van der Waals surface area (Å²) in [5, 5.41) is 0.812. The van der Waals surface area contributed by atoms with Gasteiger partial charge >= 0.3 is 6.09 Å². The highest BCUT2D eigenvalue weighted by Gasteiger charge is 2.28. The van der Waals surface area contributed by atoms with Crippen LogP contribution in [0.5, 0.6) is 0 Å². The Morgan fingerprint density at radius 1 is 1.42 bits per heavy atom. The number of carbonyl (C=O) groups excluding carboxylic acids is 1. The van der Waals surface area contributed by atoms with Gasteiger partial charge in [0.15, 0.2) is 5.16 Å². The Labute approximate surface area is 149 Å². The van der Waals surface area contributed by atoms with Gasteiger partial charge in [0.2, 0.25) is 0 Å². The molecule has 1 aliphatic heterocycles. The van der Waals surface area contributed by atoms with Gasteiger partial charge in [0.25, 0.3) is 0 Å². The zero-order valence-electron chi connectivity index (χ0n) is 15.3. The van der Waals surface area contributed by atoms with E-state index < -0.39 is 5.60 Å². The summed E-state index contributed by atoms with van der Waals surface area (Å²) in [6.07, 6.45) is 5.47. The van der Waals surface area contributed by atoms with Crippen LogP contribution < -0.4 is 0 Å². The number of aromatic nitrogens is 2. The Morgan fingerprint density at radius 2 is 2.08 bits per heavy atom. The fraction of sp³-hybridized carbons (Fsp3) is 0.706. The van der Waals surface area contributed by atoms with Crippen molar-refractivity contribution >= 4 is 17.9 Å². The number of rotatable bonds is 4. The molecule has 0 radical (unpaired) electrons. The van der Waals surface area contributed by atoms with Gasteiger partial charge in [-0.15, -0.1) is 0 Å². The van der Waals surface area contributed by atoms with Gasteiger partial charge in [-0.2, -0.15) is 0 Å². The maximum absolute atomic E-state index is 12.2. The fourth-order valence-electron chi connectivity index (χ4n) is 2.74. The van der Waals surface area contributed by atoms with Crippen LogP contribution in [0.15, 0.2) is 17.4 Å². The summed E-state index contributed by atoms with van der Waals surface area (Å²) in [7, 11) is 1.84. The first kappa shape index (κ1) is 19.0. The van der Waals surface area contributed by atoms with E-state index in [0.717, 1.165) is 43.3 Å². The second-order valence-corrected chi connectivity index (χ2v) is 7.91. The van der Waals surface area contributed by atoms with Crippen molar-refractivity contribution in [3.05, 3.63) is 18.0 Å². The number of hydrogen-bond acceptors (Lipinski definition) is 6. The molecular weight excluding hydrogens is 324 g/mol. The van der Waals surface area contributed by atoms with Crippen molar-refractivity contribution < 1.29 is 9.53 Å². The van der Waals surface area contributed by atoms with Crippen LogP contribution in [0, 0.1) is 0 Å². The van der Waals surface area contributed by atoms with Gasteiger partial charge in [-0.1, -0.05) is 11.8 Å². The maximum Gasteiger partial charge on any atom is 0.410 e. The third-order valence-corrected chi connectivity index (χ3v) is 4.61. The smallest absolute Gasteiger partial charge is 0.410 e. The van der Waals surface area contributed by atoms with Crippen LogP contribution in [0.25, 0.3) is 0 Å². The second kappa shape index (κ2) is 8.16. The molecule has 1 saturated heterocycles. The largest absolute Gasteiger partial charge is 0.444 e. The third kappa shape index (κ3) is 5.63. The predicted molar refractivity (Wildman–Crippen MR) is 96.1 cm³/mol. The van der Waals surface area contributed by atoms with Gasteiger partial charge in [0, 0.05) is 38.9 Å². The normalized spacial score (nSPS) is 16.9. The minimum atomic E-state index is -0.450. The van der Waals surface area contributed by atoms with Crippen molar-refractivity contribution in [1.29, 1.82) is 0 Å². The monoisotopic (exact) mass is 352 g/mol. The summed E-state index contributed by atoms with van der Waals surface area (Å²) in [5.74, 6) is 0. The minimum absolute atomic E-state index is 0.235. The quantitative estimate of drug-likeness (QED) is 0.613. The van der Waals surface area contributed by atoms with Crippen molar-refractivity contribution in [1.82, 2.24) is 19.8 Å². The Morgan fingerprint density at radius 3 is 2.67 bits per heavy atom. The molecule has 0 N–H and O–H groups in total. The van der Waals surface area contributed by atoms with E-state index >= 15 is 0 Å². The van der Waals surface area contributed by atoms with Gasteiger partial charge in [0.1, 0.15) is 5.60 Å². The molecule has 7 heteroatoms. The Balaban J connectivity index is 1.83. The minimum Gasteiger partial charge on any atom is -0.444 e. The number of likely N-dealkylation sites (tertiary alicyclic amines) is 1. The van der Waals surface area contributed by atoms with Gasteiger partial charge in [0.05, 0.1) is 5.69 Å². The topological polar surface area (TPSA) is 58.6 Å². The van der Waals surface area contributed by atoms with Crippen LogP contribution in [0.3, 0.4) is 0 Å². The lowest BCUT2D eigenvalue weighted by molar-refractivity contribution is 0.0148. The average molecular weight is 353 g/mol. The van der Waals surface area contributed by atoms with E-state index in [9.17, 15) is 4.79 Å². The highest BCUT2D eigenvalue weighted by Crippen LogP contribution is 2.20. The summed E-state index contributed by atoms with van der Waals surface area (Å²) in [6, 6.07) is 2.21. The van der Waals surface area contributed by atoms with Crippen LogP contribution in [-0.2, 0) is 11.3 Å². The number of thioether (sulfide) groups is 1. The number of piperidine rings is 1. The molecule has 2 heterocycles. The summed E-state index contributed by atoms with van der Waals surface area (Å²) in [6.45, 7) is 8.43. The molecule has 2 rings (SSSR count). The molecule has 0 aliphatic carbocycles. The molecule has 1 aliphatic rings. The molecule has 6 nitrogen and oxygen atoms in total. The molecule has 0 saturated carbocycles. The summed E-state index contributed by atoms with van der Waals surface area (Å²) < 4.78 is 5.45. The van der Waals surface area contributed by atoms with Crippen LogP contribution in [0.4, 0.5) is 4.79 Å². The van der Waals surface area contributed by atoms with E-state index in [2.05, 4.69) is 14.9 Å². The van der Waals surface area contributed by atoms with Crippen LogP contribution in [-0.4, -0.2) is 63.9 Å². The molecule has 0 atom stereocenters. The van der Waals surface area contributed by atoms with E-state index in [0.29, 0.717) is 0 Å². The highest BCUT2D eigenvalue weighted by atomic mass is 32.2. The summed E-state index contributed by atoms with van der Waals surface area (Å²) >= 11 is 1.56. The molecular formula is C17H28N4O2S. The molecule has 134 valence electrons. The zero-order chi connectivity index (χ0) is 17.7. The second-order valence-electron chi connectivity index (χ2n) is 7.13. The number of amides is 1.